The minimum atomic E-state index is -4.62. The molecule has 0 aromatic carbocycles. The van der Waals surface area contributed by atoms with Gasteiger partial charge in [-0.1, -0.05) is 0 Å². The van der Waals surface area contributed by atoms with Crippen LogP contribution < -0.4 is 5.56 Å². The first kappa shape index (κ1) is 14.3. The monoisotopic (exact) mass is 315 g/mol. The molecule has 4 nitrogen and oxygen atoms in total. The fourth-order valence-corrected chi connectivity index (χ4v) is 3.05. The zero-order valence-electron chi connectivity index (χ0n) is 10.9. The van der Waals surface area contributed by atoms with Gasteiger partial charge in [-0.15, -0.1) is 0 Å². The Balaban J connectivity index is 1.85. The highest BCUT2D eigenvalue weighted by Crippen LogP contribution is 2.26. The van der Waals surface area contributed by atoms with Crippen LogP contribution in [0.2, 0.25) is 0 Å². The van der Waals surface area contributed by atoms with Gasteiger partial charge in [0.2, 0.25) is 5.82 Å². The summed E-state index contributed by atoms with van der Waals surface area (Å²) < 4.78 is 37.9. The van der Waals surface area contributed by atoms with E-state index in [1.165, 1.54) is 0 Å². The molecular weight excluding hydrogens is 303 g/mol. The van der Waals surface area contributed by atoms with Gasteiger partial charge in [0.25, 0.3) is 5.56 Å². The van der Waals surface area contributed by atoms with Crippen LogP contribution in [0.25, 0.3) is 0 Å². The van der Waals surface area contributed by atoms with E-state index in [1.807, 2.05) is 26.7 Å². The summed E-state index contributed by atoms with van der Waals surface area (Å²) in [5.74, 6) is -1.21. The third kappa shape index (κ3) is 3.01. The molecule has 0 atom stereocenters. The number of halogens is 3. The van der Waals surface area contributed by atoms with Gasteiger partial charge in [-0.3, -0.25) is 9.69 Å². The van der Waals surface area contributed by atoms with Crippen molar-refractivity contribution < 1.29 is 13.2 Å². The van der Waals surface area contributed by atoms with E-state index in [4.69, 9.17) is 0 Å². The molecule has 0 fully saturated rings. The maximum atomic E-state index is 12.6. The van der Waals surface area contributed by atoms with Crippen LogP contribution in [0.15, 0.2) is 21.6 Å². The summed E-state index contributed by atoms with van der Waals surface area (Å²) in [6.07, 6.45) is -4.27. The molecule has 3 heterocycles. The average Bonchev–Trinajstić information content (AvgIpc) is 2.91. The highest BCUT2D eigenvalue weighted by Gasteiger charge is 2.35. The quantitative estimate of drug-likeness (QED) is 0.926. The van der Waals surface area contributed by atoms with Crippen molar-refractivity contribution in [1.29, 1.82) is 0 Å². The van der Waals surface area contributed by atoms with Crippen molar-refractivity contribution in [3.8, 4) is 0 Å². The lowest BCUT2D eigenvalue weighted by Gasteiger charge is -2.27. The minimum Gasteiger partial charge on any atom is -0.303 e. The Morgan fingerprint density at radius 3 is 2.90 bits per heavy atom. The van der Waals surface area contributed by atoms with E-state index in [1.54, 1.807) is 11.3 Å². The number of alkyl halides is 3. The van der Waals surface area contributed by atoms with Crippen LogP contribution in [0.1, 0.15) is 22.6 Å². The third-order valence-corrected chi connectivity index (χ3v) is 4.13. The summed E-state index contributed by atoms with van der Waals surface area (Å²) in [6, 6.07) is 2.00. The number of thiophene rings is 1. The van der Waals surface area contributed by atoms with Gasteiger partial charge < -0.3 is 4.98 Å². The van der Waals surface area contributed by atoms with Crippen LogP contribution in [-0.4, -0.2) is 21.4 Å². The maximum absolute atomic E-state index is 12.6. The van der Waals surface area contributed by atoms with Crippen molar-refractivity contribution >= 4 is 11.3 Å². The fraction of sp³-hybridized carbons (Fsp3) is 0.385. The van der Waals surface area contributed by atoms with Crippen LogP contribution in [0, 0.1) is 0 Å². The van der Waals surface area contributed by atoms with Gasteiger partial charge in [-0.05, 0) is 22.4 Å². The lowest BCUT2D eigenvalue weighted by atomic mass is 10.1. The molecule has 0 radical (unpaired) electrons. The summed E-state index contributed by atoms with van der Waals surface area (Å²) in [4.78, 5) is 19.3. The molecule has 21 heavy (non-hydrogen) atoms. The van der Waals surface area contributed by atoms with Crippen LogP contribution in [0.5, 0.6) is 0 Å². The number of H-pyrrole nitrogens is 1. The third-order valence-electron chi connectivity index (χ3n) is 3.40. The van der Waals surface area contributed by atoms with Crippen LogP contribution in [0.4, 0.5) is 13.2 Å². The van der Waals surface area contributed by atoms with Crippen LogP contribution >= 0.6 is 11.3 Å². The van der Waals surface area contributed by atoms with Gasteiger partial charge in [0.05, 0.1) is 11.3 Å². The minimum absolute atomic E-state index is 0.257. The first-order chi connectivity index (χ1) is 9.93. The molecule has 1 N–H and O–H groups in total. The number of nitrogens with zero attached hydrogens (tertiary/aromatic N) is 2. The molecule has 0 spiro atoms. The zero-order chi connectivity index (χ0) is 15.0. The molecule has 0 aliphatic carbocycles. The summed E-state index contributed by atoms with van der Waals surface area (Å²) in [7, 11) is 0. The Morgan fingerprint density at radius 2 is 2.24 bits per heavy atom. The normalized spacial score (nSPS) is 16.0. The molecule has 112 valence electrons. The lowest BCUT2D eigenvalue weighted by Crippen LogP contribution is -2.36. The SMILES string of the molecule is O=c1[nH]c(C(F)(F)F)nc2c1CN(Cc1ccsc1)CC2. The van der Waals surface area contributed by atoms with E-state index in [2.05, 4.69) is 4.98 Å². The van der Waals surface area contributed by atoms with E-state index in [9.17, 15) is 18.0 Å². The van der Waals surface area contributed by atoms with E-state index in [0.717, 1.165) is 5.56 Å². The number of nitrogens with one attached hydrogen (secondary N) is 1. The summed E-state index contributed by atoms with van der Waals surface area (Å²) in [5.41, 5.74) is 1.04. The van der Waals surface area contributed by atoms with Crippen molar-refractivity contribution in [3.63, 3.8) is 0 Å². The van der Waals surface area contributed by atoms with Gasteiger partial charge >= 0.3 is 6.18 Å². The Bertz CT molecular complexity index is 694. The van der Waals surface area contributed by atoms with Gasteiger partial charge in [0.1, 0.15) is 0 Å². The molecule has 1 aliphatic rings. The van der Waals surface area contributed by atoms with Crippen molar-refractivity contribution in [2.75, 3.05) is 6.54 Å². The van der Waals surface area contributed by atoms with E-state index in [-0.39, 0.29) is 5.69 Å². The zero-order valence-corrected chi connectivity index (χ0v) is 11.7. The van der Waals surface area contributed by atoms with E-state index >= 15 is 0 Å². The van der Waals surface area contributed by atoms with Gasteiger partial charge in [0.15, 0.2) is 0 Å². The van der Waals surface area contributed by atoms with Crippen molar-refractivity contribution in [3.05, 3.63) is 49.8 Å². The molecule has 0 unspecified atom stereocenters. The highest BCUT2D eigenvalue weighted by molar-refractivity contribution is 7.07. The highest BCUT2D eigenvalue weighted by atomic mass is 32.1. The molecule has 8 heteroatoms. The largest absolute Gasteiger partial charge is 0.449 e. The Kier molecular flexibility index (Phi) is 3.58. The Labute approximate surface area is 122 Å². The average molecular weight is 315 g/mol. The first-order valence-electron chi connectivity index (χ1n) is 6.36. The molecule has 0 amide bonds. The number of aromatic nitrogens is 2. The fourth-order valence-electron chi connectivity index (χ4n) is 2.39. The number of fused-ring (bicyclic) bond motifs is 1. The smallest absolute Gasteiger partial charge is 0.303 e. The molecule has 2 aromatic heterocycles. The molecule has 3 rings (SSSR count). The second-order valence-electron chi connectivity index (χ2n) is 4.93. The lowest BCUT2D eigenvalue weighted by molar-refractivity contribution is -0.145. The number of hydrogen-bond acceptors (Lipinski definition) is 4. The van der Waals surface area contributed by atoms with Crippen molar-refractivity contribution in [2.24, 2.45) is 0 Å². The molecule has 2 aromatic rings. The summed E-state index contributed by atoms with van der Waals surface area (Å²) >= 11 is 1.59. The summed E-state index contributed by atoms with van der Waals surface area (Å²) in [6.45, 7) is 1.60. The van der Waals surface area contributed by atoms with Crippen LogP contribution in [0.3, 0.4) is 0 Å². The number of hydrogen-bond donors (Lipinski definition) is 1. The first-order valence-corrected chi connectivity index (χ1v) is 7.30. The number of aromatic amines is 1. The summed E-state index contributed by atoms with van der Waals surface area (Å²) in [5, 5.41) is 3.99. The Hall–Kier alpha value is -1.67. The predicted octanol–water partition coefficient (Wildman–Crippen LogP) is 2.41. The van der Waals surface area contributed by atoms with Gasteiger partial charge in [-0.2, -0.15) is 24.5 Å². The van der Waals surface area contributed by atoms with Crippen molar-refractivity contribution in [2.45, 2.75) is 25.7 Å². The molecule has 0 bridgehead atoms. The van der Waals surface area contributed by atoms with Crippen molar-refractivity contribution in [1.82, 2.24) is 14.9 Å². The van der Waals surface area contributed by atoms with Crippen LogP contribution in [-0.2, 0) is 25.7 Å². The maximum Gasteiger partial charge on any atom is 0.449 e. The van der Waals surface area contributed by atoms with E-state index in [0.29, 0.717) is 31.6 Å². The molecular formula is C13H12F3N3OS. The molecule has 0 saturated carbocycles. The van der Waals surface area contributed by atoms with Gasteiger partial charge in [0, 0.05) is 26.1 Å². The topological polar surface area (TPSA) is 49.0 Å². The predicted molar refractivity (Wildman–Crippen MR) is 72.0 cm³/mol. The molecule has 1 aliphatic heterocycles. The molecule has 0 saturated heterocycles. The Morgan fingerprint density at radius 1 is 1.43 bits per heavy atom. The second-order valence-corrected chi connectivity index (χ2v) is 5.71. The second kappa shape index (κ2) is 5.27. The standard InChI is InChI=1S/C13H12F3N3OS/c14-13(15,16)12-17-10-1-3-19(5-8-2-4-21-7-8)6-9(10)11(20)18-12/h2,4,7H,1,3,5-6H2,(H,17,18,20). The van der Waals surface area contributed by atoms with E-state index < -0.39 is 17.6 Å². The number of rotatable bonds is 2. The van der Waals surface area contributed by atoms with Gasteiger partial charge in [-0.25, -0.2) is 4.98 Å².